The molecule has 0 bridgehead atoms. The molecule has 0 amide bonds. The quantitative estimate of drug-likeness (QED) is 0.174. The molecule has 7 aromatic rings. The van der Waals surface area contributed by atoms with Crippen molar-refractivity contribution in [3.63, 3.8) is 0 Å². The zero-order valence-electron chi connectivity index (χ0n) is 30.6. The van der Waals surface area contributed by atoms with Crippen LogP contribution in [0.25, 0.3) is 56.1 Å². The van der Waals surface area contributed by atoms with E-state index >= 15 is 8.63 Å². The highest BCUT2D eigenvalue weighted by atomic mass is 19.2. The number of phenolic OH excluding ortho intramolecular Hbond substituents is 1. The predicted molar refractivity (Wildman–Crippen MR) is 216 cm³/mol. The summed E-state index contributed by atoms with van der Waals surface area (Å²) in [5.74, 6) is 0.713. The number of halogens is 2. The number of hydrogen-bond acceptors (Lipinski definition) is 4. The maximum absolute atomic E-state index is 16.7. The number of allylic oxidation sites excluding steroid dienone is 3. The largest absolute Gasteiger partial charge is 0.737 e. The number of fused-ring (bicyclic) bond motifs is 4. The topological polar surface area (TPSA) is 57.4 Å². The molecule has 0 saturated heterocycles. The van der Waals surface area contributed by atoms with Crippen molar-refractivity contribution in [3.8, 4) is 28.3 Å². The van der Waals surface area contributed by atoms with Crippen molar-refractivity contribution < 1.29 is 22.6 Å². The summed E-state index contributed by atoms with van der Waals surface area (Å²) in [6, 6.07) is 35.2. The summed E-state index contributed by atoms with van der Waals surface area (Å²) in [4.78, 5) is 6.89. The number of nitrogens with zero attached hydrogens (tertiary/aromatic N) is 4. The summed E-state index contributed by atoms with van der Waals surface area (Å²) in [5, 5.41) is 12.0. The number of aromatic hydroxyl groups is 1. The van der Waals surface area contributed by atoms with Crippen molar-refractivity contribution >= 4 is 51.9 Å². The van der Waals surface area contributed by atoms with Crippen molar-refractivity contribution in [2.24, 2.45) is 0 Å². The van der Waals surface area contributed by atoms with Gasteiger partial charge >= 0.3 is 6.97 Å². The van der Waals surface area contributed by atoms with Crippen LogP contribution in [0.3, 0.4) is 0 Å². The molecule has 9 heteroatoms. The number of phenols is 1. The zero-order valence-corrected chi connectivity index (χ0v) is 30.6. The first-order valence-corrected chi connectivity index (χ1v) is 18.0. The van der Waals surface area contributed by atoms with Gasteiger partial charge in [-0.2, -0.15) is 0 Å². The number of anilines is 1. The van der Waals surface area contributed by atoms with Crippen LogP contribution in [0.4, 0.5) is 14.3 Å². The van der Waals surface area contributed by atoms with Crippen LogP contribution in [-0.4, -0.2) is 45.8 Å². The fourth-order valence-corrected chi connectivity index (χ4v) is 7.96. The molecule has 2 aliphatic rings. The molecule has 0 aliphatic carbocycles. The average Bonchev–Trinajstić information content (AvgIpc) is 3.84. The van der Waals surface area contributed by atoms with Crippen LogP contribution in [0.2, 0.25) is 0 Å². The lowest BCUT2D eigenvalue weighted by Gasteiger charge is -2.34. The molecule has 4 heterocycles. The van der Waals surface area contributed by atoms with E-state index in [1.807, 2.05) is 88.6 Å². The zero-order chi connectivity index (χ0) is 37.5. The molecule has 2 aliphatic heterocycles. The SMILES string of the molecule is CC1=CC(/C=C/c2ccc(O)cc2)=[N+]2C1=C(c1ccc(-c3ccc4nc(-c5ccc6cc(N(C)C)ccc6c5)oc4c3)cc1)c1c(C)cc(C)n1[B-]2(F)F. The minimum absolute atomic E-state index is 0.151. The second-order valence-corrected chi connectivity index (χ2v) is 14.5. The van der Waals surface area contributed by atoms with E-state index in [9.17, 15) is 5.11 Å². The fourth-order valence-electron chi connectivity index (χ4n) is 7.96. The lowest BCUT2D eigenvalue weighted by Crippen LogP contribution is -2.51. The summed E-state index contributed by atoms with van der Waals surface area (Å²) in [7, 11) is 4.07. The van der Waals surface area contributed by atoms with Crippen LogP contribution in [0.1, 0.15) is 35.0 Å². The molecule has 5 aromatic carbocycles. The highest BCUT2D eigenvalue weighted by molar-refractivity contribution is 6.58. The highest BCUT2D eigenvalue weighted by Crippen LogP contribution is 2.45. The van der Waals surface area contributed by atoms with Crippen molar-refractivity contribution in [1.29, 1.82) is 0 Å². The van der Waals surface area contributed by atoms with E-state index in [4.69, 9.17) is 9.40 Å². The number of aromatic nitrogens is 2. The summed E-state index contributed by atoms with van der Waals surface area (Å²) >= 11 is 0. The average molecular weight is 715 g/mol. The molecule has 0 atom stereocenters. The number of hydrogen-bond donors (Lipinski definition) is 1. The molecule has 1 N–H and O–H groups in total. The summed E-state index contributed by atoms with van der Waals surface area (Å²) in [6.07, 6.45) is 5.34. The first-order chi connectivity index (χ1) is 26.0. The minimum atomic E-state index is -4.19. The smallest absolute Gasteiger partial charge is 0.508 e. The second-order valence-electron chi connectivity index (χ2n) is 14.5. The predicted octanol–water partition coefficient (Wildman–Crippen LogP) is 10.6. The van der Waals surface area contributed by atoms with Crippen LogP contribution >= 0.6 is 0 Å². The summed E-state index contributed by atoms with van der Waals surface area (Å²) in [6.45, 7) is 1.34. The normalized spacial score (nSPS) is 15.1. The fraction of sp³-hybridized carbons (Fsp3) is 0.111. The van der Waals surface area contributed by atoms with Gasteiger partial charge in [-0.15, -0.1) is 0 Å². The lowest BCUT2D eigenvalue weighted by molar-refractivity contribution is -0.362. The molecular weight excluding hydrogens is 677 g/mol. The molecule has 54 heavy (non-hydrogen) atoms. The maximum atomic E-state index is 16.7. The van der Waals surface area contributed by atoms with Crippen LogP contribution < -0.4 is 4.90 Å². The van der Waals surface area contributed by atoms with Gasteiger partial charge in [0.1, 0.15) is 11.3 Å². The Morgan fingerprint density at radius 3 is 2.20 bits per heavy atom. The minimum Gasteiger partial charge on any atom is -0.508 e. The standard InChI is InChI=1S/C45H37BF2N4O2/c1-27-22-29(3)51-43(27)42(44-28(2)23-38(52(44)46(51,47)48)17-6-30-7-19-39(53)20-8-30)32-11-9-31(10-12-32)35-16-21-40-41(26-35)54-45(49-40)36-14-13-34-25-37(50(4)5)18-15-33(34)24-36/h6-26,53H,1-5H3/b17-6+. The van der Waals surface area contributed by atoms with Gasteiger partial charge in [0.25, 0.3) is 0 Å². The van der Waals surface area contributed by atoms with Gasteiger partial charge in [0, 0.05) is 48.8 Å². The van der Waals surface area contributed by atoms with E-state index in [0.717, 1.165) is 66.5 Å². The van der Waals surface area contributed by atoms with Gasteiger partial charge in [0.2, 0.25) is 5.89 Å². The summed E-state index contributed by atoms with van der Waals surface area (Å²) in [5.41, 5.74) is 11.4. The number of aryl methyl sites for hydroxylation is 2. The van der Waals surface area contributed by atoms with E-state index < -0.39 is 6.97 Å². The molecule has 6 nitrogen and oxygen atoms in total. The van der Waals surface area contributed by atoms with Gasteiger partial charge in [0.15, 0.2) is 17.0 Å². The monoisotopic (exact) mass is 714 g/mol. The Hall–Kier alpha value is -6.48. The van der Waals surface area contributed by atoms with Gasteiger partial charge in [-0.25, -0.2) is 4.98 Å². The Labute approximate surface area is 312 Å². The van der Waals surface area contributed by atoms with E-state index in [-0.39, 0.29) is 5.75 Å². The Kier molecular flexibility index (Phi) is 7.60. The summed E-state index contributed by atoms with van der Waals surface area (Å²) < 4.78 is 42.2. The Morgan fingerprint density at radius 1 is 0.759 bits per heavy atom. The van der Waals surface area contributed by atoms with Gasteiger partial charge in [-0.3, -0.25) is 0 Å². The third kappa shape index (κ3) is 5.38. The first kappa shape index (κ1) is 33.4. The van der Waals surface area contributed by atoms with Gasteiger partial charge in [-0.1, -0.05) is 54.6 Å². The van der Waals surface area contributed by atoms with Crippen LogP contribution in [0.15, 0.2) is 137 Å². The number of oxazole rings is 1. The van der Waals surface area contributed by atoms with Gasteiger partial charge in [-0.05, 0) is 126 Å². The molecule has 0 fully saturated rings. The maximum Gasteiger partial charge on any atom is 0.737 e. The van der Waals surface area contributed by atoms with E-state index in [2.05, 4.69) is 35.2 Å². The Morgan fingerprint density at radius 2 is 1.44 bits per heavy atom. The second kappa shape index (κ2) is 12.3. The molecule has 0 radical (unpaired) electrons. The molecule has 0 spiro atoms. The lowest BCUT2D eigenvalue weighted by atomic mass is 9.83. The molecule has 0 unspecified atom stereocenters. The van der Waals surface area contributed by atoms with E-state index in [0.29, 0.717) is 34.3 Å². The number of benzene rings is 5. The van der Waals surface area contributed by atoms with Crippen molar-refractivity contribution in [2.45, 2.75) is 20.8 Å². The highest BCUT2D eigenvalue weighted by Gasteiger charge is 2.55. The Bertz CT molecular complexity index is 2800. The molecule has 2 aromatic heterocycles. The third-order valence-corrected chi connectivity index (χ3v) is 10.6. The van der Waals surface area contributed by atoms with Gasteiger partial charge < -0.3 is 32.0 Å². The van der Waals surface area contributed by atoms with Crippen LogP contribution in [0.5, 0.6) is 5.75 Å². The molecule has 266 valence electrons. The number of rotatable bonds is 6. The van der Waals surface area contributed by atoms with E-state index in [1.165, 1.54) is 8.96 Å². The van der Waals surface area contributed by atoms with Gasteiger partial charge in [0.05, 0.1) is 5.57 Å². The third-order valence-electron chi connectivity index (χ3n) is 10.6. The molecular formula is C45H37BF2N4O2. The first-order valence-electron chi connectivity index (χ1n) is 18.0. The van der Waals surface area contributed by atoms with E-state index in [1.54, 1.807) is 43.3 Å². The molecule has 9 rings (SSSR count). The van der Waals surface area contributed by atoms with Crippen molar-refractivity contribution in [1.82, 2.24) is 9.46 Å². The van der Waals surface area contributed by atoms with Crippen LogP contribution in [0, 0.1) is 13.8 Å². The van der Waals surface area contributed by atoms with Crippen molar-refractivity contribution in [2.75, 3.05) is 19.0 Å². The van der Waals surface area contributed by atoms with Crippen LogP contribution in [-0.2, 0) is 0 Å². The van der Waals surface area contributed by atoms with Crippen molar-refractivity contribution in [3.05, 3.63) is 161 Å². The molecule has 0 saturated carbocycles. The Balaban J connectivity index is 1.09.